The Labute approximate surface area is 737 Å². The van der Waals surface area contributed by atoms with Crippen molar-refractivity contribution in [3.05, 3.63) is 283 Å². The molecule has 0 saturated carbocycles. The zero-order valence-corrected chi connectivity index (χ0v) is 74.5. The van der Waals surface area contributed by atoms with Gasteiger partial charge in [-0.15, -0.1) is 15.3 Å². The lowest BCUT2D eigenvalue weighted by Gasteiger charge is -2.37. The minimum atomic E-state index is -0.372. The summed E-state index contributed by atoms with van der Waals surface area (Å²) in [5.41, 5.74) is 24.8. The Bertz CT molecular complexity index is 5830. The number of aromatic nitrogens is 9. The maximum absolute atomic E-state index is 13.6. The second-order valence-corrected chi connectivity index (χ2v) is 34.7. The van der Waals surface area contributed by atoms with E-state index >= 15 is 0 Å². The van der Waals surface area contributed by atoms with Gasteiger partial charge < -0.3 is 33.5 Å². The lowest BCUT2D eigenvalue weighted by Crippen LogP contribution is -2.43. The van der Waals surface area contributed by atoms with Crippen molar-refractivity contribution < 1.29 is 52.3 Å². The molecule has 3 aromatic heterocycles. The number of carbonyl (C=O) groups is 5. The van der Waals surface area contributed by atoms with Gasteiger partial charge in [-0.2, -0.15) is 9.59 Å². The van der Waals surface area contributed by atoms with Crippen molar-refractivity contribution in [2.75, 3.05) is 13.2 Å². The van der Waals surface area contributed by atoms with Crippen LogP contribution in [0.5, 0.6) is 0 Å². The summed E-state index contributed by atoms with van der Waals surface area (Å²) in [7, 11) is -0.372. The SMILES string of the molecule is CC/C=C/c1ccc2c(nnn2CC)c1C.CC1(C)OB(c2ccc3c(c2)C2CCC(C3)N2C(=O)c2ccccc2)OC1(C)C.CCOC(=O)C[C@@H](c1ccc2c(c1)C1CCC(C2)N1C(=O)c1ccccc1)c1ccc2c(nnn2CC)c1C.CCOC(=O)C[C@H](c1ccc2c(c1)C1CCC(C2)N1C(=O)c1ccccc1)c1ccc2c(nnn2CC)c1C.O=C=O. The molecule has 0 radical (unpaired) electrons. The molecule has 7 aliphatic heterocycles. The first-order chi connectivity index (χ1) is 60.9. The number of nitrogens with zero attached hydrogens (tertiary/aromatic N) is 12. The first-order valence-corrected chi connectivity index (χ1v) is 44.8. The Hall–Kier alpha value is -12.4. The Kier molecular flexibility index (Phi) is 26.8. The maximum Gasteiger partial charge on any atom is 0.494 e. The fourth-order valence-electron chi connectivity index (χ4n) is 19.9. The maximum atomic E-state index is 13.6. The van der Waals surface area contributed by atoms with E-state index in [2.05, 4.69) is 211 Å². The summed E-state index contributed by atoms with van der Waals surface area (Å²) in [6.45, 7) is 29.6. The molecule has 126 heavy (non-hydrogen) atoms. The Morgan fingerprint density at radius 2 is 0.802 bits per heavy atom. The minimum absolute atomic E-state index is 0.0441. The summed E-state index contributed by atoms with van der Waals surface area (Å²) in [5.74, 6) is -0.488. The van der Waals surface area contributed by atoms with Gasteiger partial charge in [0.1, 0.15) is 16.6 Å². The van der Waals surface area contributed by atoms with Crippen LogP contribution in [0.2, 0.25) is 0 Å². The van der Waals surface area contributed by atoms with Gasteiger partial charge in [-0.3, -0.25) is 24.0 Å². The zero-order valence-electron chi connectivity index (χ0n) is 74.5. The average Bonchev–Trinajstić information content (AvgIpc) is 1.57. The van der Waals surface area contributed by atoms with Crippen molar-refractivity contribution in [1.82, 2.24) is 59.7 Å². The van der Waals surface area contributed by atoms with Gasteiger partial charge in [0.2, 0.25) is 0 Å². The summed E-state index contributed by atoms with van der Waals surface area (Å²) in [6, 6.07) is 62.1. The molecule has 10 heterocycles. The van der Waals surface area contributed by atoms with Crippen molar-refractivity contribution in [2.24, 2.45) is 0 Å². The fourth-order valence-corrected chi connectivity index (χ4v) is 19.9. The molecule has 6 unspecified atom stereocenters. The summed E-state index contributed by atoms with van der Waals surface area (Å²) >= 11 is 0. The minimum Gasteiger partial charge on any atom is -0.466 e. The molecular weight excluding hydrogens is 1580 g/mol. The second-order valence-electron chi connectivity index (χ2n) is 34.7. The van der Waals surface area contributed by atoms with Crippen molar-refractivity contribution in [3.63, 3.8) is 0 Å². The molecule has 9 aromatic carbocycles. The highest BCUT2D eigenvalue weighted by molar-refractivity contribution is 6.62. The van der Waals surface area contributed by atoms with Crippen LogP contribution < -0.4 is 5.46 Å². The molecule has 12 aromatic rings. The van der Waals surface area contributed by atoms with Gasteiger partial charge in [0.05, 0.1) is 71.9 Å². The number of benzene rings is 9. The van der Waals surface area contributed by atoms with Crippen LogP contribution in [0.25, 0.3) is 39.2 Å². The van der Waals surface area contributed by atoms with Gasteiger partial charge in [-0.1, -0.05) is 162 Å². The van der Waals surface area contributed by atoms with Crippen molar-refractivity contribution in [1.29, 1.82) is 0 Å². The number of ether oxygens (including phenoxy) is 2. The molecule has 24 heteroatoms. The molecule has 0 N–H and O–H groups in total. The molecule has 8 atom stereocenters. The second kappa shape index (κ2) is 38.2. The van der Waals surface area contributed by atoms with E-state index in [9.17, 15) is 24.0 Å². The molecule has 0 spiro atoms. The third-order valence-corrected chi connectivity index (χ3v) is 27.0. The third-order valence-electron chi connectivity index (χ3n) is 27.0. The van der Waals surface area contributed by atoms with E-state index < -0.39 is 0 Å². The Balaban J connectivity index is 0.000000133. The summed E-state index contributed by atoms with van der Waals surface area (Å²) in [4.78, 5) is 88.6. The molecular formula is C102H113BN12O11. The van der Waals surface area contributed by atoms with Crippen LogP contribution in [0.1, 0.15) is 266 Å². The van der Waals surface area contributed by atoms with Gasteiger partial charge in [-0.05, 0) is 285 Å². The van der Waals surface area contributed by atoms with E-state index in [-0.39, 0.29) is 109 Å². The number of allylic oxidation sites excluding steroid dienone is 1. The van der Waals surface area contributed by atoms with E-state index in [1.54, 1.807) is 0 Å². The van der Waals surface area contributed by atoms with Crippen LogP contribution in [0.3, 0.4) is 0 Å². The van der Waals surface area contributed by atoms with Crippen molar-refractivity contribution in [2.45, 2.75) is 246 Å². The monoisotopic (exact) mass is 1690 g/mol. The van der Waals surface area contributed by atoms with Gasteiger partial charge in [0.25, 0.3) is 17.7 Å². The van der Waals surface area contributed by atoms with Gasteiger partial charge >= 0.3 is 25.2 Å². The molecule has 7 aliphatic rings. The number of esters is 2. The number of aryl methyl sites for hydroxylation is 6. The lowest BCUT2D eigenvalue weighted by molar-refractivity contribution is -0.191. The van der Waals surface area contributed by atoms with E-state index in [1.807, 2.05) is 133 Å². The lowest BCUT2D eigenvalue weighted by atomic mass is 9.76. The predicted molar refractivity (Wildman–Crippen MR) is 486 cm³/mol. The fraction of sp³-hybridized carbons (Fsp3) is 0.392. The van der Waals surface area contributed by atoms with E-state index in [4.69, 9.17) is 28.4 Å². The normalized spacial score (nSPS) is 19.2. The van der Waals surface area contributed by atoms with Crippen LogP contribution in [0, 0.1) is 20.8 Å². The molecule has 4 saturated heterocycles. The van der Waals surface area contributed by atoms with E-state index in [1.165, 1.54) is 44.5 Å². The van der Waals surface area contributed by atoms with Crippen LogP contribution in [0.4, 0.5) is 0 Å². The largest absolute Gasteiger partial charge is 0.494 e. The topological polar surface area (TPSA) is 258 Å². The first kappa shape index (κ1) is 88.5. The highest BCUT2D eigenvalue weighted by Gasteiger charge is 2.53. The third kappa shape index (κ3) is 17.6. The van der Waals surface area contributed by atoms with Gasteiger partial charge in [-0.25, -0.2) is 14.0 Å². The molecule has 6 bridgehead atoms. The van der Waals surface area contributed by atoms with Crippen LogP contribution in [-0.4, -0.2) is 145 Å². The number of carbonyl (C=O) groups excluding carboxylic acids is 7. The number of rotatable bonds is 19. The number of hydrogen-bond acceptors (Lipinski definition) is 17. The smallest absolute Gasteiger partial charge is 0.466 e. The van der Waals surface area contributed by atoms with Crippen LogP contribution >= 0.6 is 0 Å². The van der Waals surface area contributed by atoms with Crippen LogP contribution in [0.15, 0.2) is 188 Å². The quantitative estimate of drug-likeness (QED) is 0.0538. The standard InChI is InChI=1S/2C32H34N4O3.C24H28BNO3.C13H17N3.CO2/c2*1-4-35-29-16-14-25(20(3)31(29)33-34-35)26(19-30(37)39-5-2)23-12-11-22-17-24-13-15-28(27(22)18-23)36(24)32(38)21-9-7-6-8-10-21;1-23(2)24(3,4)29-25(28-23)18-11-10-17-14-19-12-13-21(20(17)15-18)26(19)22(27)16-8-6-5-7-9-16;1-4-6-7-11-8-9-12-13(10(11)3)14-15-16(12)5-2;2-1-3/h2*6-12,14,16,18,24,26,28H,4-5,13,15,17,19H2,1-3H3;5-11,15,19,21H,12-14H2,1-4H3;6-9H,4-5H2,1-3H3;/b;;;7-6+;/t2*24?,26-,28?;;;/m10.../s1. The molecule has 0 aliphatic carbocycles. The zero-order chi connectivity index (χ0) is 88.8. The first-order valence-electron chi connectivity index (χ1n) is 44.8. The number of amides is 3. The summed E-state index contributed by atoms with van der Waals surface area (Å²) in [6.07, 6.45) is 14.7. The molecule has 23 nitrogen and oxygen atoms in total. The molecule has 3 amide bonds. The number of hydrogen-bond donors (Lipinski definition) is 0. The van der Waals surface area contributed by atoms with E-state index in [0.29, 0.717) is 19.3 Å². The predicted octanol–water partition coefficient (Wildman–Crippen LogP) is 18.0. The Morgan fingerprint density at radius 1 is 0.452 bits per heavy atom. The molecule has 4 fully saturated rings. The number of fused-ring (bicyclic) bond motifs is 15. The highest BCUT2D eigenvalue weighted by atomic mass is 16.7. The van der Waals surface area contributed by atoms with Gasteiger partial charge in [0.15, 0.2) is 0 Å². The van der Waals surface area contributed by atoms with Gasteiger partial charge in [0, 0.05) is 66.3 Å². The van der Waals surface area contributed by atoms with Crippen LogP contribution in [-0.2, 0) is 76.9 Å². The Morgan fingerprint density at radius 3 is 1.16 bits per heavy atom. The van der Waals surface area contributed by atoms with Crippen molar-refractivity contribution in [3.8, 4) is 0 Å². The highest BCUT2D eigenvalue weighted by Crippen LogP contribution is 2.50. The average molecular weight is 1690 g/mol. The van der Waals surface area contributed by atoms with Crippen molar-refractivity contribution >= 4 is 87.6 Å². The molecule has 650 valence electrons. The summed E-state index contributed by atoms with van der Waals surface area (Å²) in [5, 5.41) is 25.9. The molecule has 19 rings (SSSR count). The summed E-state index contributed by atoms with van der Waals surface area (Å²) < 4.78 is 29.0. The van der Waals surface area contributed by atoms with E-state index in [0.717, 1.165) is 172 Å².